The van der Waals surface area contributed by atoms with Gasteiger partial charge < -0.3 is 9.90 Å². The average molecular weight is 172 g/mol. The zero-order chi connectivity index (χ0) is 9.45. The summed E-state index contributed by atoms with van der Waals surface area (Å²) >= 11 is 0. The van der Waals surface area contributed by atoms with Crippen LogP contribution in [0.3, 0.4) is 0 Å². The molecule has 0 saturated heterocycles. The highest BCUT2D eigenvalue weighted by Crippen LogP contribution is 2.18. The van der Waals surface area contributed by atoms with Crippen molar-refractivity contribution in [3.8, 4) is 0 Å². The van der Waals surface area contributed by atoms with Gasteiger partial charge in [-0.25, -0.2) is 0 Å². The maximum Gasteiger partial charge on any atom is 0.151 e. The van der Waals surface area contributed by atoms with Crippen LogP contribution < -0.4 is 0 Å². The molecular weight excluding hydrogens is 152 g/mol. The Labute approximate surface area is 75.0 Å². The van der Waals surface area contributed by atoms with Gasteiger partial charge in [0.2, 0.25) is 0 Å². The molecular formula is C10H20O2. The molecule has 0 aliphatic rings. The van der Waals surface area contributed by atoms with Crippen molar-refractivity contribution in [1.29, 1.82) is 0 Å². The number of carbonyl (C=O) groups excluding carboxylic acids is 1. The molecule has 1 N–H and O–H groups in total. The molecule has 0 radical (unpaired) electrons. The van der Waals surface area contributed by atoms with Gasteiger partial charge in [0.15, 0.2) is 6.29 Å². The average Bonchev–Trinajstić information content (AvgIpc) is 2.11. The van der Waals surface area contributed by atoms with Crippen LogP contribution in [0.5, 0.6) is 0 Å². The Hall–Kier alpha value is -0.370. The molecule has 0 atom stereocenters. The van der Waals surface area contributed by atoms with E-state index in [9.17, 15) is 9.90 Å². The fraction of sp³-hybridized carbons (Fsp3) is 0.900. The van der Waals surface area contributed by atoms with Crippen LogP contribution in [-0.4, -0.2) is 17.0 Å². The first-order chi connectivity index (χ1) is 5.68. The monoisotopic (exact) mass is 172 g/mol. The number of unbranched alkanes of at least 4 members (excludes halogenated alkanes) is 2. The summed E-state index contributed by atoms with van der Waals surface area (Å²) in [7, 11) is 0. The molecule has 12 heavy (non-hydrogen) atoms. The lowest BCUT2D eigenvalue weighted by Gasteiger charge is -2.20. The number of rotatable bonds is 7. The summed E-state index contributed by atoms with van der Waals surface area (Å²) in [6.45, 7) is 4.12. The first-order valence-corrected chi connectivity index (χ1v) is 4.87. The highest BCUT2D eigenvalue weighted by molar-refractivity contribution is 5.61. The molecule has 0 amide bonds. The molecule has 0 aromatic rings. The SMILES string of the molecule is CCCCC(O)(C=O)CCCC. The molecule has 0 aromatic carbocycles. The number of aldehydes is 1. The number of hydrogen-bond acceptors (Lipinski definition) is 2. The summed E-state index contributed by atoms with van der Waals surface area (Å²) in [5.41, 5.74) is -1.04. The molecule has 2 nitrogen and oxygen atoms in total. The van der Waals surface area contributed by atoms with Gasteiger partial charge in [0.1, 0.15) is 5.60 Å². The Morgan fingerprint density at radius 2 is 1.58 bits per heavy atom. The molecule has 0 aromatic heterocycles. The molecule has 0 unspecified atom stereocenters. The summed E-state index contributed by atoms with van der Waals surface area (Å²) in [6.07, 6.45) is 5.86. The minimum atomic E-state index is -1.04. The van der Waals surface area contributed by atoms with Crippen LogP contribution in [0.2, 0.25) is 0 Å². The van der Waals surface area contributed by atoms with Crippen molar-refractivity contribution < 1.29 is 9.90 Å². The molecule has 0 aliphatic heterocycles. The molecule has 0 bridgehead atoms. The predicted molar refractivity (Wildman–Crippen MR) is 50.1 cm³/mol. The number of aliphatic hydroxyl groups is 1. The van der Waals surface area contributed by atoms with Crippen molar-refractivity contribution in [1.82, 2.24) is 0 Å². The maximum atomic E-state index is 10.6. The number of carbonyl (C=O) groups is 1. The van der Waals surface area contributed by atoms with E-state index in [2.05, 4.69) is 13.8 Å². The third kappa shape index (κ3) is 4.50. The summed E-state index contributed by atoms with van der Waals surface area (Å²) < 4.78 is 0. The zero-order valence-electron chi connectivity index (χ0n) is 8.18. The van der Waals surface area contributed by atoms with Gasteiger partial charge in [0.25, 0.3) is 0 Å². The molecule has 72 valence electrons. The van der Waals surface area contributed by atoms with Crippen LogP contribution in [0, 0.1) is 0 Å². The van der Waals surface area contributed by atoms with Crippen molar-refractivity contribution in [3.05, 3.63) is 0 Å². The van der Waals surface area contributed by atoms with E-state index in [0.29, 0.717) is 19.1 Å². The van der Waals surface area contributed by atoms with Gasteiger partial charge in [-0.05, 0) is 12.8 Å². The van der Waals surface area contributed by atoms with E-state index in [1.165, 1.54) is 0 Å². The summed E-state index contributed by atoms with van der Waals surface area (Å²) in [5.74, 6) is 0. The van der Waals surface area contributed by atoms with Gasteiger partial charge >= 0.3 is 0 Å². The van der Waals surface area contributed by atoms with Crippen molar-refractivity contribution in [3.63, 3.8) is 0 Å². The molecule has 0 spiro atoms. The minimum Gasteiger partial charge on any atom is -0.382 e. The lowest BCUT2D eigenvalue weighted by Crippen LogP contribution is -2.30. The Kier molecular flexibility index (Phi) is 5.99. The van der Waals surface area contributed by atoms with E-state index in [1.807, 2.05) is 0 Å². The Morgan fingerprint density at radius 1 is 1.17 bits per heavy atom. The first kappa shape index (κ1) is 11.6. The largest absolute Gasteiger partial charge is 0.382 e. The van der Waals surface area contributed by atoms with E-state index < -0.39 is 5.60 Å². The van der Waals surface area contributed by atoms with Gasteiger partial charge in [-0.2, -0.15) is 0 Å². The summed E-state index contributed by atoms with van der Waals surface area (Å²) in [6, 6.07) is 0. The quantitative estimate of drug-likeness (QED) is 0.598. The second-order valence-corrected chi connectivity index (χ2v) is 3.43. The zero-order valence-corrected chi connectivity index (χ0v) is 8.18. The van der Waals surface area contributed by atoms with Crippen LogP contribution in [0.4, 0.5) is 0 Å². The van der Waals surface area contributed by atoms with E-state index >= 15 is 0 Å². The summed E-state index contributed by atoms with van der Waals surface area (Å²) in [4.78, 5) is 10.6. The van der Waals surface area contributed by atoms with Crippen molar-refractivity contribution in [2.24, 2.45) is 0 Å². The molecule has 0 aliphatic carbocycles. The molecule has 2 heteroatoms. The van der Waals surface area contributed by atoms with Crippen LogP contribution in [0.1, 0.15) is 52.4 Å². The third-order valence-corrected chi connectivity index (χ3v) is 2.15. The first-order valence-electron chi connectivity index (χ1n) is 4.87. The van der Waals surface area contributed by atoms with Crippen molar-refractivity contribution in [2.75, 3.05) is 0 Å². The smallest absolute Gasteiger partial charge is 0.151 e. The lowest BCUT2D eigenvalue weighted by atomic mass is 9.93. The van der Waals surface area contributed by atoms with Crippen LogP contribution in [0.15, 0.2) is 0 Å². The van der Waals surface area contributed by atoms with E-state index in [4.69, 9.17) is 0 Å². The fourth-order valence-electron chi connectivity index (χ4n) is 1.21. The van der Waals surface area contributed by atoms with E-state index in [0.717, 1.165) is 25.7 Å². The van der Waals surface area contributed by atoms with E-state index in [-0.39, 0.29) is 0 Å². The molecule has 0 rings (SSSR count). The normalized spacial score (nSPS) is 11.6. The molecule has 0 heterocycles. The van der Waals surface area contributed by atoms with Gasteiger partial charge in [-0.3, -0.25) is 0 Å². The van der Waals surface area contributed by atoms with Crippen LogP contribution in [-0.2, 0) is 4.79 Å². The fourth-order valence-corrected chi connectivity index (χ4v) is 1.21. The highest BCUT2D eigenvalue weighted by atomic mass is 16.3. The highest BCUT2D eigenvalue weighted by Gasteiger charge is 2.23. The molecule has 0 fully saturated rings. The number of hydrogen-bond donors (Lipinski definition) is 1. The van der Waals surface area contributed by atoms with Gasteiger partial charge in [0.05, 0.1) is 0 Å². The van der Waals surface area contributed by atoms with Crippen molar-refractivity contribution in [2.45, 2.75) is 58.0 Å². The standard InChI is InChI=1S/C10H20O2/c1-3-5-7-10(12,9-11)8-6-4-2/h9,12H,3-8H2,1-2H3. The van der Waals surface area contributed by atoms with Gasteiger partial charge in [0, 0.05) is 0 Å². The second kappa shape index (κ2) is 6.18. The van der Waals surface area contributed by atoms with Crippen molar-refractivity contribution >= 4 is 6.29 Å². The van der Waals surface area contributed by atoms with Crippen LogP contribution >= 0.6 is 0 Å². The second-order valence-electron chi connectivity index (χ2n) is 3.43. The third-order valence-electron chi connectivity index (χ3n) is 2.15. The Morgan fingerprint density at radius 3 is 1.83 bits per heavy atom. The maximum absolute atomic E-state index is 10.6. The summed E-state index contributed by atoms with van der Waals surface area (Å²) in [5, 5.41) is 9.71. The van der Waals surface area contributed by atoms with Gasteiger partial charge in [-0.15, -0.1) is 0 Å². The topological polar surface area (TPSA) is 37.3 Å². The predicted octanol–water partition coefficient (Wildman–Crippen LogP) is 2.30. The van der Waals surface area contributed by atoms with E-state index in [1.54, 1.807) is 0 Å². The Balaban J connectivity index is 3.78. The lowest BCUT2D eigenvalue weighted by molar-refractivity contribution is -0.125. The Bertz CT molecular complexity index is 113. The minimum absolute atomic E-state index is 0.618. The van der Waals surface area contributed by atoms with Gasteiger partial charge in [-0.1, -0.05) is 39.5 Å². The molecule has 0 saturated carbocycles. The van der Waals surface area contributed by atoms with Crippen LogP contribution in [0.25, 0.3) is 0 Å².